The van der Waals surface area contributed by atoms with Crippen LogP contribution >= 0.6 is 11.6 Å². The van der Waals surface area contributed by atoms with Crippen LogP contribution in [0.5, 0.6) is 0 Å². The number of nitrogens with one attached hydrogen (secondary N) is 1. The van der Waals surface area contributed by atoms with Crippen molar-refractivity contribution >= 4 is 29.4 Å². The molecule has 27 heavy (non-hydrogen) atoms. The van der Waals surface area contributed by atoms with Gasteiger partial charge in [-0.25, -0.2) is 5.43 Å². The molecule has 0 spiro atoms. The Morgan fingerprint density at radius 3 is 2.78 bits per heavy atom. The SMILES string of the molecule is CCN1c2ccc(/C=N/NC(=O)c3ccccc3Cl)cc2C(C)CC1(C)C. The third-order valence-electron chi connectivity index (χ3n) is 5.22. The maximum absolute atomic E-state index is 12.2. The molecule has 3 rings (SSSR count). The second-order valence-corrected chi connectivity index (χ2v) is 8.07. The molecule has 1 heterocycles. The van der Waals surface area contributed by atoms with Crippen LogP contribution in [0, 0.1) is 0 Å². The number of fused-ring (bicyclic) bond motifs is 1. The lowest BCUT2D eigenvalue weighted by atomic mass is 9.79. The van der Waals surface area contributed by atoms with Crippen LogP contribution in [-0.4, -0.2) is 24.2 Å². The van der Waals surface area contributed by atoms with Crippen molar-refractivity contribution < 1.29 is 4.79 Å². The maximum atomic E-state index is 12.2. The Labute approximate surface area is 166 Å². The Hall–Kier alpha value is -2.33. The van der Waals surface area contributed by atoms with Crippen LogP contribution in [0.3, 0.4) is 0 Å². The van der Waals surface area contributed by atoms with E-state index in [4.69, 9.17) is 11.6 Å². The van der Waals surface area contributed by atoms with Gasteiger partial charge in [0.2, 0.25) is 0 Å². The molecule has 1 atom stereocenters. The van der Waals surface area contributed by atoms with E-state index in [-0.39, 0.29) is 11.4 Å². The second-order valence-electron chi connectivity index (χ2n) is 7.66. The number of hydrogen-bond acceptors (Lipinski definition) is 3. The molecule has 1 unspecified atom stereocenters. The first-order valence-electron chi connectivity index (χ1n) is 9.33. The Morgan fingerprint density at radius 1 is 1.33 bits per heavy atom. The highest BCUT2D eigenvalue weighted by Crippen LogP contribution is 2.43. The molecular formula is C22H26ClN3O. The van der Waals surface area contributed by atoms with Crippen molar-refractivity contribution in [1.29, 1.82) is 0 Å². The summed E-state index contributed by atoms with van der Waals surface area (Å²) in [6.45, 7) is 10.0. The number of carbonyl (C=O) groups excluding carboxylic acids is 1. The van der Waals surface area contributed by atoms with E-state index in [0.29, 0.717) is 16.5 Å². The average molecular weight is 384 g/mol. The minimum atomic E-state index is -0.318. The fourth-order valence-corrected chi connectivity index (χ4v) is 4.28. The van der Waals surface area contributed by atoms with Gasteiger partial charge in [0.25, 0.3) is 5.91 Å². The summed E-state index contributed by atoms with van der Waals surface area (Å²) < 4.78 is 0. The predicted molar refractivity (Wildman–Crippen MR) is 113 cm³/mol. The Balaban J connectivity index is 1.78. The van der Waals surface area contributed by atoms with Crippen LogP contribution in [-0.2, 0) is 0 Å². The standard InChI is InChI=1S/C22H26ClN3O/c1-5-26-20-11-10-16(12-18(20)15(2)13-22(26,3)4)14-24-25-21(27)17-8-6-7-9-19(17)23/h6-12,14-15H,5,13H2,1-4H3,(H,25,27)/b24-14+. The van der Waals surface area contributed by atoms with Gasteiger partial charge in [-0.1, -0.05) is 36.7 Å². The monoisotopic (exact) mass is 383 g/mol. The van der Waals surface area contributed by atoms with Crippen molar-refractivity contribution in [3.63, 3.8) is 0 Å². The van der Waals surface area contributed by atoms with Gasteiger partial charge in [-0.05, 0) is 68.5 Å². The third-order valence-corrected chi connectivity index (χ3v) is 5.55. The van der Waals surface area contributed by atoms with Crippen molar-refractivity contribution in [3.8, 4) is 0 Å². The van der Waals surface area contributed by atoms with E-state index >= 15 is 0 Å². The molecule has 1 aliphatic heterocycles. The van der Waals surface area contributed by atoms with Gasteiger partial charge in [-0.2, -0.15) is 5.10 Å². The van der Waals surface area contributed by atoms with Gasteiger partial charge in [0, 0.05) is 17.8 Å². The Morgan fingerprint density at radius 2 is 2.07 bits per heavy atom. The van der Waals surface area contributed by atoms with Crippen LogP contribution in [0.4, 0.5) is 5.69 Å². The van der Waals surface area contributed by atoms with E-state index < -0.39 is 0 Å². The van der Waals surface area contributed by atoms with E-state index in [9.17, 15) is 4.79 Å². The lowest BCUT2D eigenvalue weighted by Crippen LogP contribution is -2.48. The molecule has 0 fully saturated rings. The van der Waals surface area contributed by atoms with Crippen molar-refractivity contribution in [2.24, 2.45) is 5.10 Å². The fraction of sp³-hybridized carbons (Fsp3) is 0.364. The number of halogens is 1. The number of hydrazone groups is 1. The van der Waals surface area contributed by atoms with Gasteiger partial charge in [-0.3, -0.25) is 4.79 Å². The molecule has 0 saturated heterocycles. The number of benzene rings is 2. The highest BCUT2D eigenvalue weighted by atomic mass is 35.5. The zero-order chi connectivity index (χ0) is 19.6. The average Bonchev–Trinajstić information content (AvgIpc) is 2.62. The number of hydrogen-bond donors (Lipinski definition) is 1. The number of carbonyl (C=O) groups is 1. The van der Waals surface area contributed by atoms with Gasteiger partial charge < -0.3 is 4.90 Å². The summed E-state index contributed by atoms with van der Waals surface area (Å²) in [4.78, 5) is 14.6. The molecule has 1 aliphatic rings. The first kappa shape index (κ1) is 19.4. The molecule has 1 amide bonds. The first-order valence-corrected chi connectivity index (χ1v) is 9.71. The highest BCUT2D eigenvalue weighted by Gasteiger charge is 2.35. The summed E-state index contributed by atoms with van der Waals surface area (Å²) in [5.41, 5.74) is 6.70. The molecule has 0 radical (unpaired) electrons. The molecular weight excluding hydrogens is 358 g/mol. The second kappa shape index (κ2) is 7.73. The largest absolute Gasteiger partial charge is 0.366 e. The molecule has 0 saturated carbocycles. The minimum absolute atomic E-state index is 0.152. The minimum Gasteiger partial charge on any atom is -0.366 e. The summed E-state index contributed by atoms with van der Waals surface area (Å²) in [6, 6.07) is 13.3. The highest BCUT2D eigenvalue weighted by molar-refractivity contribution is 6.33. The van der Waals surface area contributed by atoms with E-state index in [2.05, 4.69) is 55.3 Å². The van der Waals surface area contributed by atoms with Crippen molar-refractivity contribution in [1.82, 2.24) is 5.43 Å². The number of nitrogens with zero attached hydrogens (tertiary/aromatic N) is 2. The van der Waals surface area contributed by atoms with E-state index in [1.54, 1.807) is 30.5 Å². The fourth-order valence-electron chi connectivity index (χ4n) is 4.06. The van der Waals surface area contributed by atoms with Gasteiger partial charge in [0.1, 0.15) is 0 Å². The van der Waals surface area contributed by atoms with E-state index in [0.717, 1.165) is 18.5 Å². The van der Waals surface area contributed by atoms with Gasteiger partial charge in [0.05, 0.1) is 16.8 Å². The molecule has 0 bridgehead atoms. The van der Waals surface area contributed by atoms with Crippen molar-refractivity contribution in [2.45, 2.75) is 45.6 Å². The summed E-state index contributed by atoms with van der Waals surface area (Å²) in [5.74, 6) is 0.158. The van der Waals surface area contributed by atoms with Crippen molar-refractivity contribution in [2.75, 3.05) is 11.4 Å². The first-order chi connectivity index (χ1) is 12.8. The molecule has 0 aromatic heterocycles. The smallest absolute Gasteiger partial charge is 0.272 e. The Bertz CT molecular complexity index is 876. The maximum Gasteiger partial charge on any atom is 0.272 e. The topological polar surface area (TPSA) is 44.7 Å². The van der Waals surface area contributed by atoms with Crippen LogP contribution < -0.4 is 10.3 Å². The lowest BCUT2D eigenvalue weighted by molar-refractivity contribution is 0.0955. The number of amides is 1. The van der Waals surface area contributed by atoms with Crippen LogP contribution in [0.25, 0.3) is 0 Å². The summed E-state index contributed by atoms with van der Waals surface area (Å²) in [6.07, 6.45) is 2.79. The molecule has 4 nitrogen and oxygen atoms in total. The number of rotatable bonds is 4. The molecule has 2 aromatic rings. The van der Waals surface area contributed by atoms with Gasteiger partial charge in [-0.15, -0.1) is 0 Å². The molecule has 142 valence electrons. The van der Waals surface area contributed by atoms with Crippen LogP contribution in [0.2, 0.25) is 5.02 Å². The zero-order valence-electron chi connectivity index (χ0n) is 16.3. The van der Waals surface area contributed by atoms with Gasteiger partial charge in [0.15, 0.2) is 0 Å². The normalized spacial score (nSPS) is 18.4. The predicted octanol–water partition coefficient (Wildman–Crippen LogP) is 5.22. The quantitative estimate of drug-likeness (QED) is 0.581. The zero-order valence-corrected chi connectivity index (χ0v) is 17.0. The molecule has 0 aliphatic carbocycles. The number of anilines is 1. The van der Waals surface area contributed by atoms with Gasteiger partial charge >= 0.3 is 0 Å². The summed E-state index contributed by atoms with van der Waals surface area (Å²) in [5, 5.41) is 4.52. The molecule has 5 heteroatoms. The van der Waals surface area contributed by atoms with Crippen molar-refractivity contribution in [3.05, 3.63) is 64.2 Å². The van der Waals surface area contributed by atoms with E-state index in [1.807, 2.05) is 6.07 Å². The Kier molecular flexibility index (Phi) is 5.56. The van der Waals surface area contributed by atoms with E-state index in [1.165, 1.54) is 11.3 Å². The van der Waals surface area contributed by atoms with Crippen LogP contribution in [0.1, 0.15) is 61.5 Å². The molecule has 2 aromatic carbocycles. The third kappa shape index (κ3) is 4.01. The lowest BCUT2D eigenvalue weighted by Gasteiger charge is -2.47. The summed E-state index contributed by atoms with van der Waals surface area (Å²) in [7, 11) is 0. The molecule has 1 N–H and O–H groups in total. The van der Waals surface area contributed by atoms with Crippen LogP contribution in [0.15, 0.2) is 47.6 Å². The summed E-state index contributed by atoms with van der Waals surface area (Å²) >= 11 is 6.04.